The van der Waals surface area contributed by atoms with Crippen molar-refractivity contribution < 1.29 is 19.8 Å². The van der Waals surface area contributed by atoms with Crippen molar-refractivity contribution in [1.82, 2.24) is 0 Å². The molecule has 4 aliphatic heterocycles. The fourth-order valence-electron chi connectivity index (χ4n) is 9.42. The first-order valence-electron chi connectivity index (χ1n) is 17.1. The number of carboxylic acid groups (broad SMARTS) is 2. The molecule has 2 N–H and O–H groups in total. The predicted octanol–water partition coefficient (Wildman–Crippen LogP) is 5.51. The van der Waals surface area contributed by atoms with E-state index in [2.05, 4.69) is 95.9 Å². The van der Waals surface area contributed by atoms with Gasteiger partial charge in [-0.25, -0.2) is 9.59 Å². The molecule has 0 aliphatic carbocycles. The van der Waals surface area contributed by atoms with Crippen LogP contribution in [0.15, 0.2) is 140 Å². The highest BCUT2D eigenvalue weighted by Gasteiger charge is 2.50. The van der Waals surface area contributed by atoms with Gasteiger partial charge in [0.2, 0.25) is 13.4 Å². The van der Waals surface area contributed by atoms with E-state index >= 15 is 0 Å². The quantitative estimate of drug-likeness (QED) is 0.245. The molecule has 0 spiro atoms. The summed E-state index contributed by atoms with van der Waals surface area (Å²) in [5.41, 5.74) is 20.8. The molecule has 0 aromatic heterocycles. The second kappa shape index (κ2) is 9.99. The first-order chi connectivity index (χ1) is 25.0. The van der Waals surface area contributed by atoms with E-state index in [0.29, 0.717) is 0 Å². The number of anilines is 3. The van der Waals surface area contributed by atoms with Crippen molar-refractivity contribution >= 4 is 75.2 Å². The first kappa shape index (κ1) is 28.3. The highest BCUT2D eigenvalue weighted by Crippen LogP contribution is 2.47. The third-order valence-corrected chi connectivity index (χ3v) is 11.4. The van der Waals surface area contributed by atoms with Gasteiger partial charge in [-0.3, -0.25) is 0 Å². The summed E-state index contributed by atoms with van der Waals surface area (Å²) in [6.45, 7) is 0.112. The Morgan fingerprint density at radius 3 is 1.27 bits per heavy atom. The van der Waals surface area contributed by atoms with Crippen molar-refractivity contribution in [1.29, 1.82) is 0 Å². The van der Waals surface area contributed by atoms with Crippen LogP contribution < -0.4 is 37.7 Å². The first-order valence-corrected chi connectivity index (χ1v) is 17.1. The molecule has 0 amide bonds. The molecule has 0 atom stereocenters. The molecule has 0 fully saturated rings. The zero-order chi connectivity index (χ0) is 34.1. The lowest BCUT2D eigenvalue weighted by Crippen LogP contribution is -2.62. The molecule has 4 heterocycles. The molecule has 7 heteroatoms. The van der Waals surface area contributed by atoms with Gasteiger partial charge in [0.05, 0.1) is 11.1 Å². The van der Waals surface area contributed by atoms with Crippen LogP contribution in [-0.4, -0.2) is 35.6 Å². The molecule has 0 saturated heterocycles. The molecule has 7 aromatic rings. The Morgan fingerprint density at radius 1 is 0.431 bits per heavy atom. The Balaban J connectivity index is 1.20. The Bertz CT molecular complexity index is 2540. The van der Waals surface area contributed by atoms with E-state index in [1.165, 1.54) is 60.7 Å². The zero-order valence-electron chi connectivity index (χ0n) is 27.1. The molecule has 236 valence electrons. The topological polar surface area (TPSA) is 77.8 Å². The number of carboxylic acids is 2. The number of carbonyl (C=O) groups is 2. The number of para-hydroxylation sites is 1. The Labute approximate surface area is 294 Å². The number of rotatable bonds is 4. The highest BCUT2D eigenvalue weighted by molar-refractivity contribution is 7.05. The van der Waals surface area contributed by atoms with Gasteiger partial charge in [0, 0.05) is 17.1 Å². The van der Waals surface area contributed by atoms with E-state index in [1.54, 1.807) is 24.3 Å². The molecule has 11 rings (SSSR count). The van der Waals surface area contributed by atoms with E-state index in [4.69, 9.17) is 0 Å². The van der Waals surface area contributed by atoms with E-state index in [-0.39, 0.29) is 24.6 Å². The van der Waals surface area contributed by atoms with Gasteiger partial charge in [-0.05, 0) is 103 Å². The second-order valence-electron chi connectivity index (χ2n) is 13.8. The molecular weight excluding hydrogens is 628 g/mol. The lowest BCUT2D eigenvalue weighted by Gasteiger charge is -2.43. The maximum Gasteiger partial charge on any atom is 0.335 e. The Hall–Kier alpha value is -6.59. The number of nitrogens with zero attached hydrogens (tertiary/aromatic N) is 1. The third kappa shape index (κ3) is 3.62. The fraction of sp³-hybridized carbons (Fsp3) is 0. The van der Waals surface area contributed by atoms with Gasteiger partial charge in [0.15, 0.2) is 0 Å². The molecule has 0 radical (unpaired) electrons. The monoisotopic (exact) mass is 653 g/mol. The van der Waals surface area contributed by atoms with Crippen LogP contribution in [0.5, 0.6) is 0 Å². The van der Waals surface area contributed by atoms with Crippen molar-refractivity contribution in [2.45, 2.75) is 0 Å². The van der Waals surface area contributed by atoms with Crippen LogP contribution in [0.2, 0.25) is 0 Å². The largest absolute Gasteiger partial charge is 0.478 e. The zero-order valence-corrected chi connectivity index (χ0v) is 27.1. The number of hydrogen-bond donors (Lipinski definition) is 2. The van der Waals surface area contributed by atoms with E-state index in [1.807, 2.05) is 24.3 Å². The summed E-state index contributed by atoms with van der Waals surface area (Å²) in [6.07, 6.45) is 0. The minimum absolute atomic E-state index is 0.0559. The number of hydrogen-bond acceptors (Lipinski definition) is 3. The number of benzene rings is 7. The summed E-state index contributed by atoms with van der Waals surface area (Å²) in [4.78, 5) is 25.9. The molecule has 0 saturated carbocycles. The van der Waals surface area contributed by atoms with Crippen molar-refractivity contribution in [2.75, 3.05) is 4.90 Å². The van der Waals surface area contributed by atoms with Crippen LogP contribution in [0, 0.1) is 0 Å². The number of aromatic carboxylic acids is 2. The standard InChI is InChI=1S/C44H25B2NO4/c48-43(49)26-16-12-24(13-17-26)28-20-22-36-40-38(28)30-6-1-3-8-32(30)45(40)34-10-5-11-35-42(34)47(36)37-23-21-29(25-14-18-27(19-15-25)44(50)51)39-31-7-2-4-9-33(31)46(35)41(37)39/h1-23H,(H,48,49)(H,50,51). The van der Waals surface area contributed by atoms with Gasteiger partial charge in [-0.15, -0.1) is 0 Å². The van der Waals surface area contributed by atoms with E-state index in [9.17, 15) is 19.8 Å². The smallest absolute Gasteiger partial charge is 0.335 e. The lowest BCUT2D eigenvalue weighted by molar-refractivity contribution is 0.0686. The minimum Gasteiger partial charge on any atom is -0.478 e. The Morgan fingerprint density at radius 2 is 0.843 bits per heavy atom. The maximum atomic E-state index is 11.7. The van der Waals surface area contributed by atoms with Crippen LogP contribution in [0.25, 0.3) is 44.5 Å². The summed E-state index contributed by atoms with van der Waals surface area (Å²) in [6, 6.07) is 47.6. The molecule has 5 nitrogen and oxygen atoms in total. The molecule has 7 aromatic carbocycles. The van der Waals surface area contributed by atoms with Gasteiger partial charge in [0.1, 0.15) is 0 Å². The van der Waals surface area contributed by atoms with Crippen LogP contribution in [0.3, 0.4) is 0 Å². The summed E-state index contributed by atoms with van der Waals surface area (Å²) < 4.78 is 0. The van der Waals surface area contributed by atoms with Crippen molar-refractivity contribution in [2.24, 2.45) is 0 Å². The second-order valence-corrected chi connectivity index (χ2v) is 13.8. The maximum absolute atomic E-state index is 11.7. The molecule has 0 unspecified atom stereocenters. The summed E-state index contributed by atoms with van der Waals surface area (Å²) in [5.74, 6) is -1.87. The average Bonchev–Trinajstić information content (AvgIpc) is 3.70. The summed E-state index contributed by atoms with van der Waals surface area (Å²) in [7, 11) is 0. The number of fused-ring (bicyclic) bond motifs is 10. The van der Waals surface area contributed by atoms with E-state index < -0.39 is 11.9 Å². The Kier molecular flexibility index (Phi) is 5.54. The van der Waals surface area contributed by atoms with Crippen molar-refractivity contribution in [3.05, 3.63) is 151 Å². The summed E-state index contributed by atoms with van der Waals surface area (Å²) >= 11 is 0. The fourth-order valence-corrected chi connectivity index (χ4v) is 9.42. The van der Waals surface area contributed by atoms with Gasteiger partial charge in [-0.2, -0.15) is 0 Å². The highest BCUT2D eigenvalue weighted by atomic mass is 16.4. The molecular formula is C44H25B2NO4. The van der Waals surface area contributed by atoms with Crippen molar-refractivity contribution in [3.8, 4) is 44.5 Å². The molecule has 4 aliphatic rings. The van der Waals surface area contributed by atoms with Crippen LogP contribution >= 0.6 is 0 Å². The minimum atomic E-state index is -0.935. The van der Waals surface area contributed by atoms with Crippen LogP contribution in [-0.2, 0) is 0 Å². The summed E-state index contributed by atoms with van der Waals surface area (Å²) in [5, 5.41) is 19.2. The van der Waals surface area contributed by atoms with Gasteiger partial charge >= 0.3 is 11.9 Å². The van der Waals surface area contributed by atoms with Gasteiger partial charge < -0.3 is 15.1 Å². The van der Waals surface area contributed by atoms with Gasteiger partial charge in [-0.1, -0.05) is 114 Å². The van der Waals surface area contributed by atoms with E-state index in [0.717, 1.165) is 33.6 Å². The molecule has 51 heavy (non-hydrogen) atoms. The van der Waals surface area contributed by atoms with Gasteiger partial charge in [0.25, 0.3) is 0 Å². The third-order valence-electron chi connectivity index (χ3n) is 11.4. The molecule has 0 bridgehead atoms. The normalized spacial score (nSPS) is 13.3. The van der Waals surface area contributed by atoms with Crippen LogP contribution in [0.1, 0.15) is 20.7 Å². The average molecular weight is 653 g/mol. The SMILES string of the molecule is O=C(O)c1ccc(-c2ccc3c4c2-c2ccccc2B4c2cccc4c2N3c2ccc(-c3ccc(C(=O)O)cc3)c3c2B4c2ccccc2-3)cc1. The van der Waals surface area contributed by atoms with Crippen LogP contribution in [0.4, 0.5) is 17.1 Å². The predicted molar refractivity (Wildman–Crippen MR) is 206 cm³/mol. The lowest BCUT2D eigenvalue weighted by atomic mass is 9.32. The van der Waals surface area contributed by atoms with Crippen molar-refractivity contribution in [3.63, 3.8) is 0 Å².